The van der Waals surface area contributed by atoms with Gasteiger partial charge in [0.2, 0.25) is 5.16 Å². The molecule has 0 saturated heterocycles. The minimum Gasteiger partial charge on any atom is -0.262 e. The molecule has 0 radical (unpaired) electrons. The van der Waals surface area contributed by atoms with Crippen LogP contribution in [-0.2, 0) is 19.3 Å². The van der Waals surface area contributed by atoms with E-state index in [1.54, 1.807) is 6.33 Å². The second-order valence-corrected chi connectivity index (χ2v) is 6.78. The van der Waals surface area contributed by atoms with Crippen LogP contribution in [0.2, 0.25) is 0 Å². The number of nitrogens with zero attached hydrogens (tertiary/aromatic N) is 4. The van der Waals surface area contributed by atoms with Gasteiger partial charge in [-0.2, -0.15) is 0 Å². The van der Waals surface area contributed by atoms with Gasteiger partial charge in [0.25, 0.3) is 0 Å². The highest BCUT2D eigenvalue weighted by molar-refractivity contribution is 7.99. The lowest BCUT2D eigenvalue weighted by Crippen LogP contribution is -1.88. The summed E-state index contributed by atoms with van der Waals surface area (Å²) in [6, 6.07) is 0. The van der Waals surface area contributed by atoms with Gasteiger partial charge in [0, 0.05) is 16.7 Å². The van der Waals surface area contributed by atoms with Gasteiger partial charge in [0.1, 0.15) is 22.0 Å². The van der Waals surface area contributed by atoms with Crippen LogP contribution in [0.3, 0.4) is 0 Å². The van der Waals surface area contributed by atoms with Crippen LogP contribution in [-0.4, -0.2) is 25.1 Å². The van der Waals surface area contributed by atoms with E-state index in [-0.39, 0.29) is 0 Å². The summed E-state index contributed by atoms with van der Waals surface area (Å²) in [5.41, 5.74) is 1.44. The van der Waals surface area contributed by atoms with Gasteiger partial charge >= 0.3 is 0 Å². The van der Waals surface area contributed by atoms with Crippen LogP contribution in [0.1, 0.15) is 29.6 Å². The summed E-state index contributed by atoms with van der Waals surface area (Å²) in [6.07, 6.45) is 6.08. The molecule has 20 heavy (non-hydrogen) atoms. The standard InChI is InChI=1S/C13H13N5S2/c1-2-9-16-13(18-17-9)20-12-10-7-4-3-5-8(7)19-11(10)14-6-15-12/h6H,2-5H2,1H3,(H,16,17,18). The molecular formula is C13H13N5S2. The summed E-state index contributed by atoms with van der Waals surface area (Å²) >= 11 is 3.33. The number of aromatic amines is 1. The van der Waals surface area contributed by atoms with Crippen molar-refractivity contribution in [3.8, 4) is 0 Å². The van der Waals surface area contributed by atoms with Crippen molar-refractivity contribution < 1.29 is 0 Å². The molecule has 1 aliphatic carbocycles. The molecule has 7 heteroatoms. The lowest BCUT2D eigenvalue weighted by atomic mass is 10.2. The van der Waals surface area contributed by atoms with Crippen molar-refractivity contribution in [2.45, 2.75) is 42.8 Å². The van der Waals surface area contributed by atoms with E-state index in [1.807, 2.05) is 11.3 Å². The Balaban J connectivity index is 1.79. The highest BCUT2D eigenvalue weighted by Crippen LogP contribution is 2.40. The summed E-state index contributed by atoms with van der Waals surface area (Å²) in [5, 5.41) is 10.1. The molecule has 0 aromatic carbocycles. The molecule has 0 aliphatic heterocycles. The molecule has 3 aromatic rings. The zero-order valence-corrected chi connectivity index (χ0v) is 12.6. The van der Waals surface area contributed by atoms with Crippen LogP contribution in [0.15, 0.2) is 16.5 Å². The number of H-pyrrole nitrogens is 1. The third-order valence-corrected chi connectivity index (χ3v) is 5.57. The van der Waals surface area contributed by atoms with Crippen LogP contribution in [0.4, 0.5) is 0 Å². The number of fused-ring (bicyclic) bond motifs is 3. The molecule has 1 N–H and O–H groups in total. The summed E-state index contributed by atoms with van der Waals surface area (Å²) in [5.74, 6) is 0.911. The lowest BCUT2D eigenvalue weighted by Gasteiger charge is -2.00. The first-order valence-electron chi connectivity index (χ1n) is 6.69. The molecule has 3 aromatic heterocycles. The van der Waals surface area contributed by atoms with Crippen molar-refractivity contribution in [1.82, 2.24) is 25.1 Å². The highest BCUT2D eigenvalue weighted by atomic mass is 32.2. The molecule has 1 aliphatic rings. The molecule has 3 heterocycles. The fourth-order valence-corrected chi connectivity index (χ4v) is 4.68. The molecule has 0 spiro atoms. The topological polar surface area (TPSA) is 67.3 Å². The van der Waals surface area contributed by atoms with E-state index in [2.05, 4.69) is 32.1 Å². The van der Waals surface area contributed by atoms with Crippen molar-refractivity contribution in [2.75, 3.05) is 0 Å². The fraction of sp³-hybridized carbons (Fsp3) is 0.385. The Labute approximate surface area is 124 Å². The molecule has 4 rings (SSSR count). The molecule has 0 bridgehead atoms. The minimum atomic E-state index is 0.736. The first kappa shape index (κ1) is 12.3. The van der Waals surface area contributed by atoms with Crippen molar-refractivity contribution in [1.29, 1.82) is 0 Å². The minimum absolute atomic E-state index is 0.736. The summed E-state index contributed by atoms with van der Waals surface area (Å²) < 4.78 is 0. The second kappa shape index (κ2) is 4.82. The molecule has 0 unspecified atom stereocenters. The predicted octanol–water partition coefficient (Wildman–Crippen LogP) is 3.01. The number of rotatable bonds is 3. The van der Waals surface area contributed by atoms with Crippen LogP contribution >= 0.6 is 23.1 Å². The second-order valence-electron chi connectivity index (χ2n) is 4.74. The van der Waals surface area contributed by atoms with E-state index < -0.39 is 0 Å². The normalized spacial score (nSPS) is 14.1. The largest absolute Gasteiger partial charge is 0.262 e. The lowest BCUT2D eigenvalue weighted by molar-refractivity contribution is 0.915. The van der Waals surface area contributed by atoms with Crippen molar-refractivity contribution >= 4 is 33.3 Å². The number of aryl methyl sites for hydroxylation is 3. The van der Waals surface area contributed by atoms with Gasteiger partial charge in [-0.1, -0.05) is 6.92 Å². The maximum absolute atomic E-state index is 4.45. The van der Waals surface area contributed by atoms with Gasteiger partial charge in [0.15, 0.2) is 0 Å². The van der Waals surface area contributed by atoms with Gasteiger partial charge in [-0.3, -0.25) is 5.10 Å². The molecule has 0 amide bonds. The van der Waals surface area contributed by atoms with E-state index in [4.69, 9.17) is 0 Å². The van der Waals surface area contributed by atoms with Crippen molar-refractivity contribution in [3.05, 3.63) is 22.6 Å². The van der Waals surface area contributed by atoms with Gasteiger partial charge in [-0.15, -0.1) is 16.4 Å². The first-order valence-corrected chi connectivity index (χ1v) is 8.33. The molecule has 0 atom stereocenters. The Morgan fingerprint density at radius 3 is 3.15 bits per heavy atom. The van der Waals surface area contributed by atoms with Gasteiger partial charge in [-0.05, 0) is 36.6 Å². The zero-order valence-electron chi connectivity index (χ0n) is 11.0. The maximum atomic E-state index is 4.45. The summed E-state index contributed by atoms with van der Waals surface area (Å²) in [7, 11) is 0. The zero-order chi connectivity index (χ0) is 13.5. The third kappa shape index (κ3) is 1.92. The SMILES string of the molecule is CCc1nc(Sc2ncnc3sc4c(c23)CCC4)n[nH]1. The molecule has 0 saturated carbocycles. The van der Waals surface area contributed by atoms with E-state index >= 15 is 0 Å². The van der Waals surface area contributed by atoms with Gasteiger partial charge in [0.05, 0.1) is 0 Å². The average Bonchev–Trinajstić information content (AvgIpc) is 3.13. The predicted molar refractivity (Wildman–Crippen MR) is 79.3 cm³/mol. The Bertz CT molecular complexity index is 776. The summed E-state index contributed by atoms with van der Waals surface area (Å²) in [4.78, 5) is 15.9. The van der Waals surface area contributed by atoms with Crippen LogP contribution in [0.25, 0.3) is 10.2 Å². The highest BCUT2D eigenvalue weighted by Gasteiger charge is 2.22. The third-order valence-electron chi connectivity index (χ3n) is 3.50. The smallest absolute Gasteiger partial charge is 0.214 e. The monoisotopic (exact) mass is 303 g/mol. The fourth-order valence-electron chi connectivity index (χ4n) is 2.55. The van der Waals surface area contributed by atoms with Gasteiger partial charge < -0.3 is 0 Å². The first-order chi connectivity index (χ1) is 9.85. The van der Waals surface area contributed by atoms with Crippen LogP contribution < -0.4 is 0 Å². The Hall–Kier alpha value is -1.47. The quantitative estimate of drug-likeness (QED) is 0.753. The molecule has 102 valence electrons. The average molecular weight is 303 g/mol. The van der Waals surface area contributed by atoms with Crippen LogP contribution in [0.5, 0.6) is 0 Å². The van der Waals surface area contributed by atoms with E-state index in [1.165, 1.54) is 40.4 Å². The van der Waals surface area contributed by atoms with E-state index in [9.17, 15) is 0 Å². The Morgan fingerprint density at radius 1 is 1.35 bits per heavy atom. The number of aromatic nitrogens is 5. The number of thiophene rings is 1. The molecular weight excluding hydrogens is 290 g/mol. The van der Waals surface area contributed by atoms with E-state index in [0.717, 1.165) is 33.7 Å². The molecule has 0 fully saturated rings. The Morgan fingerprint density at radius 2 is 2.30 bits per heavy atom. The maximum Gasteiger partial charge on any atom is 0.214 e. The van der Waals surface area contributed by atoms with Crippen molar-refractivity contribution in [2.24, 2.45) is 0 Å². The Kier molecular flexibility index (Phi) is 2.96. The summed E-state index contributed by atoms with van der Waals surface area (Å²) in [6.45, 7) is 2.06. The van der Waals surface area contributed by atoms with E-state index in [0.29, 0.717) is 0 Å². The molecule has 5 nitrogen and oxygen atoms in total. The number of nitrogens with one attached hydrogen (secondary N) is 1. The van der Waals surface area contributed by atoms with Crippen molar-refractivity contribution in [3.63, 3.8) is 0 Å². The van der Waals surface area contributed by atoms with Crippen LogP contribution in [0, 0.1) is 0 Å². The number of hydrogen-bond donors (Lipinski definition) is 1. The number of hydrogen-bond acceptors (Lipinski definition) is 6. The van der Waals surface area contributed by atoms with Gasteiger partial charge in [-0.25, -0.2) is 15.0 Å².